The Morgan fingerprint density at radius 1 is 1.53 bits per heavy atom. The molecule has 0 aromatic carbocycles. The van der Waals surface area contributed by atoms with Gasteiger partial charge in [-0.15, -0.1) is 11.3 Å². The van der Waals surface area contributed by atoms with Crippen molar-refractivity contribution in [3.63, 3.8) is 0 Å². The van der Waals surface area contributed by atoms with Crippen molar-refractivity contribution in [2.45, 2.75) is 25.7 Å². The summed E-state index contributed by atoms with van der Waals surface area (Å²) in [6.07, 6.45) is 4.00. The van der Waals surface area contributed by atoms with Crippen molar-refractivity contribution < 1.29 is 4.79 Å². The predicted octanol–water partition coefficient (Wildman–Crippen LogP) is 3.39. The third-order valence-electron chi connectivity index (χ3n) is 2.81. The number of hydrogen-bond donors (Lipinski definition) is 0. The van der Waals surface area contributed by atoms with Crippen molar-refractivity contribution >= 4 is 28.9 Å². The third-order valence-corrected chi connectivity index (χ3v) is 4.91. The van der Waals surface area contributed by atoms with Crippen LogP contribution in [0, 0.1) is 5.92 Å². The second kappa shape index (κ2) is 5.71. The average molecular weight is 240 g/mol. The highest BCUT2D eigenvalue weighted by molar-refractivity contribution is 7.99. The number of thioether (sulfide) groups is 1. The molecule has 0 amide bonds. The monoisotopic (exact) mass is 240 g/mol. The SMILES string of the molecule is O=C(CCCc1cccs1)C1CCSC1. The molecule has 0 radical (unpaired) electrons. The van der Waals surface area contributed by atoms with Crippen molar-refractivity contribution in [2.24, 2.45) is 5.92 Å². The van der Waals surface area contributed by atoms with Crippen LogP contribution in [-0.4, -0.2) is 17.3 Å². The minimum atomic E-state index is 0.373. The van der Waals surface area contributed by atoms with Crippen LogP contribution in [0.25, 0.3) is 0 Å². The van der Waals surface area contributed by atoms with Gasteiger partial charge in [0.2, 0.25) is 0 Å². The molecule has 1 aliphatic rings. The zero-order valence-electron chi connectivity index (χ0n) is 8.78. The number of aryl methyl sites for hydroxylation is 1. The lowest BCUT2D eigenvalue weighted by Gasteiger charge is -2.05. The second-order valence-electron chi connectivity index (χ2n) is 3.96. The first kappa shape index (κ1) is 11.2. The van der Waals surface area contributed by atoms with Crippen LogP contribution < -0.4 is 0 Å². The zero-order valence-corrected chi connectivity index (χ0v) is 10.4. The average Bonchev–Trinajstić information content (AvgIpc) is 2.90. The fourth-order valence-corrected chi connectivity index (χ4v) is 3.89. The summed E-state index contributed by atoms with van der Waals surface area (Å²) in [5.74, 6) is 3.12. The topological polar surface area (TPSA) is 17.1 Å². The smallest absolute Gasteiger partial charge is 0.136 e. The van der Waals surface area contributed by atoms with Crippen molar-refractivity contribution in [1.82, 2.24) is 0 Å². The van der Waals surface area contributed by atoms with Gasteiger partial charge in [-0.3, -0.25) is 4.79 Å². The molecule has 1 unspecified atom stereocenters. The van der Waals surface area contributed by atoms with Gasteiger partial charge in [0.1, 0.15) is 5.78 Å². The fraction of sp³-hybridized carbons (Fsp3) is 0.583. The molecular formula is C12H16OS2. The summed E-state index contributed by atoms with van der Waals surface area (Å²) in [6.45, 7) is 0. The van der Waals surface area contributed by atoms with E-state index in [1.165, 1.54) is 10.6 Å². The summed E-state index contributed by atoms with van der Waals surface area (Å²) in [5.41, 5.74) is 0. The lowest BCUT2D eigenvalue weighted by Crippen LogP contribution is -2.13. The van der Waals surface area contributed by atoms with Crippen LogP contribution >= 0.6 is 23.1 Å². The predicted molar refractivity (Wildman–Crippen MR) is 67.7 cm³/mol. The van der Waals surface area contributed by atoms with Gasteiger partial charge in [-0.25, -0.2) is 0 Å². The van der Waals surface area contributed by atoms with Crippen molar-refractivity contribution in [1.29, 1.82) is 0 Å². The van der Waals surface area contributed by atoms with Gasteiger partial charge in [-0.1, -0.05) is 6.07 Å². The molecule has 0 aliphatic carbocycles. The maximum Gasteiger partial charge on any atom is 0.136 e. The van der Waals surface area contributed by atoms with Crippen LogP contribution in [0.1, 0.15) is 24.1 Å². The molecule has 0 spiro atoms. The van der Waals surface area contributed by atoms with Crippen LogP contribution in [0.15, 0.2) is 17.5 Å². The van der Waals surface area contributed by atoms with E-state index in [-0.39, 0.29) is 0 Å². The van der Waals surface area contributed by atoms with Gasteiger partial charge < -0.3 is 0 Å². The van der Waals surface area contributed by atoms with Crippen LogP contribution in [0.4, 0.5) is 0 Å². The quantitative estimate of drug-likeness (QED) is 0.784. The number of carbonyl (C=O) groups is 1. The minimum Gasteiger partial charge on any atom is -0.299 e. The van der Waals surface area contributed by atoms with E-state index in [1.807, 2.05) is 11.8 Å². The molecule has 1 aromatic heterocycles. The van der Waals surface area contributed by atoms with E-state index in [2.05, 4.69) is 17.5 Å². The molecule has 1 aliphatic heterocycles. The molecule has 15 heavy (non-hydrogen) atoms. The summed E-state index contributed by atoms with van der Waals surface area (Å²) in [5, 5.41) is 2.10. The Bertz CT molecular complexity index is 299. The Balaban J connectivity index is 1.67. The van der Waals surface area contributed by atoms with Gasteiger partial charge in [-0.05, 0) is 36.5 Å². The standard InChI is InChI=1S/C12H16OS2/c13-12(10-6-8-14-9-10)5-1-3-11-4-2-7-15-11/h2,4,7,10H,1,3,5-6,8-9H2. The van der Waals surface area contributed by atoms with Gasteiger partial charge in [0.15, 0.2) is 0 Å². The number of Topliss-reactive ketones (excluding diaryl/α,β-unsaturated/α-hetero) is 1. The molecule has 1 saturated heterocycles. The van der Waals surface area contributed by atoms with E-state index in [4.69, 9.17) is 0 Å². The summed E-state index contributed by atoms with van der Waals surface area (Å²) in [7, 11) is 0. The summed E-state index contributed by atoms with van der Waals surface area (Å²) < 4.78 is 0. The first-order valence-corrected chi connectivity index (χ1v) is 7.52. The third kappa shape index (κ3) is 3.35. The van der Waals surface area contributed by atoms with Gasteiger partial charge in [0.05, 0.1) is 0 Å². The molecule has 2 rings (SSSR count). The van der Waals surface area contributed by atoms with Gasteiger partial charge in [-0.2, -0.15) is 11.8 Å². The van der Waals surface area contributed by atoms with Crippen LogP contribution in [0.3, 0.4) is 0 Å². The molecular weight excluding hydrogens is 224 g/mol. The molecule has 1 nitrogen and oxygen atoms in total. The van der Waals surface area contributed by atoms with Gasteiger partial charge in [0, 0.05) is 23.0 Å². The van der Waals surface area contributed by atoms with Crippen molar-refractivity contribution in [2.75, 3.05) is 11.5 Å². The van der Waals surface area contributed by atoms with Gasteiger partial charge in [0.25, 0.3) is 0 Å². The summed E-state index contributed by atoms with van der Waals surface area (Å²) in [4.78, 5) is 13.2. The number of hydrogen-bond acceptors (Lipinski definition) is 3. The molecule has 3 heteroatoms. The Morgan fingerprint density at radius 3 is 3.13 bits per heavy atom. The van der Waals surface area contributed by atoms with Gasteiger partial charge >= 0.3 is 0 Å². The summed E-state index contributed by atoms with van der Waals surface area (Å²) >= 11 is 3.71. The molecule has 82 valence electrons. The highest BCUT2D eigenvalue weighted by Gasteiger charge is 2.22. The lowest BCUT2D eigenvalue weighted by molar-refractivity contribution is -0.122. The molecule has 1 aromatic rings. The molecule has 0 bridgehead atoms. The molecule has 0 saturated carbocycles. The summed E-state index contributed by atoms with van der Waals surface area (Å²) in [6, 6.07) is 4.23. The Labute approximate surface area is 99.3 Å². The number of thiophene rings is 1. The zero-order chi connectivity index (χ0) is 10.5. The molecule has 2 heterocycles. The van der Waals surface area contributed by atoms with Crippen molar-refractivity contribution in [3.05, 3.63) is 22.4 Å². The first-order valence-electron chi connectivity index (χ1n) is 5.49. The van der Waals surface area contributed by atoms with E-state index in [0.717, 1.165) is 31.4 Å². The van der Waals surface area contributed by atoms with Crippen LogP contribution in [0.5, 0.6) is 0 Å². The van der Waals surface area contributed by atoms with E-state index >= 15 is 0 Å². The van der Waals surface area contributed by atoms with Crippen LogP contribution in [0.2, 0.25) is 0 Å². The Morgan fingerprint density at radius 2 is 2.47 bits per heavy atom. The highest BCUT2D eigenvalue weighted by Crippen LogP contribution is 2.25. The molecule has 1 fully saturated rings. The molecule has 1 atom stereocenters. The maximum atomic E-state index is 11.8. The second-order valence-corrected chi connectivity index (χ2v) is 6.14. The first-order chi connectivity index (χ1) is 7.36. The van der Waals surface area contributed by atoms with E-state index in [9.17, 15) is 4.79 Å². The highest BCUT2D eigenvalue weighted by atomic mass is 32.2. The maximum absolute atomic E-state index is 11.8. The molecule has 0 N–H and O–H groups in total. The van der Waals surface area contributed by atoms with Crippen molar-refractivity contribution in [3.8, 4) is 0 Å². The Kier molecular flexibility index (Phi) is 4.27. The van der Waals surface area contributed by atoms with E-state index in [0.29, 0.717) is 11.7 Å². The lowest BCUT2D eigenvalue weighted by atomic mass is 9.99. The minimum absolute atomic E-state index is 0.373. The number of rotatable bonds is 5. The van der Waals surface area contributed by atoms with E-state index in [1.54, 1.807) is 11.3 Å². The normalized spacial score (nSPS) is 20.7. The Hall–Kier alpha value is -0.280. The van der Waals surface area contributed by atoms with E-state index < -0.39 is 0 Å². The fourth-order valence-electron chi connectivity index (χ4n) is 1.88. The largest absolute Gasteiger partial charge is 0.299 e. The number of ketones is 1. The van der Waals surface area contributed by atoms with Crippen LogP contribution in [-0.2, 0) is 11.2 Å². The number of carbonyl (C=O) groups excluding carboxylic acids is 1.